The van der Waals surface area contributed by atoms with Crippen molar-refractivity contribution in [2.75, 3.05) is 0 Å². The number of ether oxygens (including phenoxy) is 1. The largest absolute Gasteiger partial charge is 0.422 e. The van der Waals surface area contributed by atoms with E-state index in [0.717, 1.165) is 43.2 Å². The number of nitrogens with zero attached hydrogens (tertiary/aromatic N) is 1. The molecule has 1 heterocycles. The fourth-order valence-electron chi connectivity index (χ4n) is 4.51. The van der Waals surface area contributed by atoms with E-state index in [4.69, 9.17) is 4.74 Å². The number of aromatic amines is 1. The van der Waals surface area contributed by atoms with Crippen LogP contribution in [0.25, 0.3) is 22.0 Å². The van der Waals surface area contributed by atoms with Gasteiger partial charge in [-0.05, 0) is 68.3 Å². The van der Waals surface area contributed by atoms with Crippen LogP contribution in [0.3, 0.4) is 0 Å². The molecule has 0 atom stereocenters. The number of nitrogens with one attached hydrogen (secondary N) is 2. The molecule has 5 rings (SSSR count). The molecule has 0 saturated heterocycles. The molecule has 6 nitrogen and oxygen atoms in total. The van der Waals surface area contributed by atoms with Crippen molar-refractivity contribution in [2.45, 2.75) is 20.8 Å². The van der Waals surface area contributed by atoms with Crippen LogP contribution in [0.5, 0.6) is 5.75 Å². The van der Waals surface area contributed by atoms with Crippen LogP contribution in [0.1, 0.15) is 43.1 Å². The van der Waals surface area contributed by atoms with Gasteiger partial charge in [-0.25, -0.2) is 10.2 Å². The summed E-state index contributed by atoms with van der Waals surface area (Å²) in [5.41, 5.74) is 9.90. The third-order valence-corrected chi connectivity index (χ3v) is 6.86. The Morgan fingerprint density at radius 2 is 1.64 bits per heavy atom. The molecule has 5 aromatic rings. The van der Waals surface area contributed by atoms with Crippen molar-refractivity contribution in [3.8, 4) is 16.9 Å². The Balaban J connectivity index is 1.43. The summed E-state index contributed by atoms with van der Waals surface area (Å²) in [5.74, 6) is -0.540. The van der Waals surface area contributed by atoms with Crippen molar-refractivity contribution in [3.63, 3.8) is 0 Å². The molecule has 0 radical (unpaired) electrons. The predicted molar refractivity (Wildman–Crippen MR) is 159 cm³/mol. The van der Waals surface area contributed by atoms with E-state index < -0.39 is 5.97 Å². The van der Waals surface area contributed by atoms with Gasteiger partial charge >= 0.3 is 5.97 Å². The Kier molecular flexibility index (Phi) is 7.43. The fourth-order valence-corrected chi connectivity index (χ4v) is 4.88. The van der Waals surface area contributed by atoms with Gasteiger partial charge in [0, 0.05) is 26.5 Å². The molecule has 0 aliphatic carbocycles. The number of hydrazone groups is 1. The number of benzene rings is 4. The van der Waals surface area contributed by atoms with E-state index in [0.29, 0.717) is 22.6 Å². The number of hydrogen-bond donors (Lipinski definition) is 2. The number of fused-ring (bicyclic) bond motifs is 1. The number of esters is 1. The first kappa shape index (κ1) is 26.1. The van der Waals surface area contributed by atoms with E-state index in [2.05, 4.69) is 43.6 Å². The lowest BCUT2D eigenvalue weighted by Gasteiger charge is -2.08. The molecule has 1 amide bonds. The summed E-state index contributed by atoms with van der Waals surface area (Å²) in [7, 11) is 0. The third kappa shape index (κ3) is 5.68. The maximum absolute atomic E-state index is 13.4. The summed E-state index contributed by atoms with van der Waals surface area (Å²) < 4.78 is 6.42. The third-order valence-electron chi connectivity index (χ3n) is 6.37. The first-order chi connectivity index (χ1) is 18.8. The zero-order valence-corrected chi connectivity index (χ0v) is 23.3. The Morgan fingerprint density at radius 1 is 0.897 bits per heavy atom. The number of amides is 1. The normalized spacial score (nSPS) is 11.2. The fraction of sp³-hybridized carbons (Fsp3) is 0.0938. The Bertz CT molecular complexity index is 1720. The van der Waals surface area contributed by atoms with E-state index in [1.165, 1.54) is 6.21 Å². The monoisotopic (exact) mass is 579 g/mol. The van der Waals surface area contributed by atoms with Crippen molar-refractivity contribution in [3.05, 3.63) is 123 Å². The lowest BCUT2D eigenvalue weighted by Crippen LogP contribution is -2.19. The molecule has 4 aromatic carbocycles. The molecule has 0 fully saturated rings. The van der Waals surface area contributed by atoms with Gasteiger partial charge < -0.3 is 9.72 Å². The number of aryl methyl sites for hydroxylation is 3. The predicted octanol–water partition coefficient (Wildman–Crippen LogP) is 7.51. The molecule has 0 spiro atoms. The maximum atomic E-state index is 13.4. The number of carbonyl (C=O) groups excluding carboxylic acids is 2. The van der Waals surface area contributed by atoms with Gasteiger partial charge in [-0.15, -0.1) is 0 Å². The number of rotatable bonds is 6. The minimum atomic E-state index is -0.479. The van der Waals surface area contributed by atoms with Crippen LogP contribution in [-0.2, 0) is 0 Å². The molecule has 0 unspecified atom stereocenters. The number of H-pyrrole nitrogens is 1. The molecule has 194 valence electrons. The molecule has 0 bridgehead atoms. The molecule has 2 N–H and O–H groups in total. The minimum absolute atomic E-state index is 0.323. The standard InChI is InChI=1S/C32H26BrN3O3/c1-19-9-11-23(12-10-19)32(38)39-27-14-13-25(33)17-24(27)18-34-36-31(37)30-28(22-7-5-4-6-8-22)26-16-20(2)15-21(3)29(26)35-30/h4-18,35H,1-3H3,(H,36,37). The van der Waals surface area contributed by atoms with Crippen LogP contribution < -0.4 is 10.2 Å². The van der Waals surface area contributed by atoms with Gasteiger partial charge in [0.1, 0.15) is 11.4 Å². The highest BCUT2D eigenvalue weighted by Crippen LogP contribution is 2.34. The summed E-state index contributed by atoms with van der Waals surface area (Å²) in [6, 6.07) is 26.3. The van der Waals surface area contributed by atoms with Gasteiger partial charge in [-0.3, -0.25) is 4.79 Å². The highest BCUT2D eigenvalue weighted by atomic mass is 79.9. The van der Waals surface area contributed by atoms with Crippen molar-refractivity contribution >= 4 is 44.9 Å². The summed E-state index contributed by atoms with van der Waals surface area (Å²) >= 11 is 3.45. The molecular weight excluding hydrogens is 554 g/mol. The molecular formula is C32H26BrN3O3. The summed E-state index contributed by atoms with van der Waals surface area (Å²) in [6.45, 7) is 6.01. The van der Waals surface area contributed by atoms with Crippen molar-refractivity contribution in [1.29, 1.82) is 0 Å². The lowest BCUT2D eigenvalue weighted by molar-refractivity contribution is 0.0734. The van der Waals surface area contributed by atoms with Gasteiger partial charge in [-0.1, -0.05) is 75.6 Å². The van der Waals surface area contributed by atoms with Gasteiger partial charge in [0.15, 0.2) is 0 Å². The molecule has 1 aromatic heterocycles. The quantitative estimate of drug-likeness (QED) is 0.0944. The van der Waals surface area contributed by atoms with Gasteiger partial charge in [0.2, 0.25) is 0 Å². The lowest BCUT2D eigenvalue weighted by atomic mass is 9.99. The average Bonchev–Trinajstić information content (AvgIpc) is 3.31. The molecule has 0 saturated carbocycles. The first-order valence-electron chi connectivity index (χ1n) is 12.4. The highest BCUT2D eigenvalue weighted by Gasteiger charge is 2.20. The second kappa shape index (κ2) is 11.1. The highest BCUT2D eigenvalue weighted by molar-refractivity contribution is 9.10. The Hall–Kier alpha value is -4.49. The second-order valence-corrected chi connectivity index (χ2v) is 10.3. The van der Waals surface area contributed by atoms with Crippen molar-refractivity contribution in [1.82, 2.24) is 10.4 Å². The van der Waals surface area contributed by atoms with E-state index >= 15 is 0 Å². The smallest absolute Gasteiger partial charge is 0.343 e. The average molecular weight is 580 g/mol. The van der Waals surface area contributed by atoms with Gasteiger partial charge in [0.05, 0.1) is 11.8 Å². The van der Waals surface area contributed by atoms with E-state index in [1.807, 2.05) is 63.2 Å². The SMILES string of the molecule is Cc1ccc(C(=O)Oc2ccc(Br)cc2C=NNC(=O)c2[nH]c3c(C)cc(C)cc3c2-c2ccccc2)cc1. The summed E-state index contributed by atoms with van der Waals surface area (Å²) in [5, 5.41) is 5.18. The van der Waals surface area contributed by atoms with Crippen molar-refractivity contribution < 1.29 is 14.3 Å². The molecule has 39 heavy (non-hydrogen) atoms. The Labute approximate surface area is 234 Å². The summed E-state index contributed by atoms with van der Waals surface area (Å²) in [6.07, 6.45) is 1.46. The molecule has 0 aliphatic heterocycles. The summed E-state index contributed by atoms with van der Waals surface area (Å²) in [4.78, 5) is 29.4. The number of halogens is 1. The topological polar surface area (TPSA) is 83.5 Å². The zero-order chi connectivity index (χ0) is 27.5. The van der Waals surface area contributed by atoms with Crippen LogP contribution in [-0.4, -0.2) is 23.1 Å². The molecule has 0 aliphatic rings. The zero-order valence-electron chi connectivity index (χ0n) is 21.7. The van der Waals surface area contributed by atoms with E-state index in [9.17, 15) is 9.59 Å². The van der Waals surface area contributed by atoms with Gasteiger partial charge in [-0.2, -0.15) is 5.10 Å². The Morgan fingerprint density at radius 3 is 2.38 bits per heavy atom. The number of aromatic nitrogens is 1. The van der Waals surface area contributed by atoms with Crippen LogP contribution in [0, 0.1) is 20.8 Å². The van der Waals surface area contributed by atoms with Crippen LogP contribution >= 0.6 is 15.9 Å². The van der Waals surface area contributed by atoms with Gasteiger partial charge in [0.25, 0.3) is 5.91 Å². The first-order valence-corrected chi connectivity index (χ1v) is 13.2. The maximum Gasteiger partial charge on any atom is 0.343 e. The van der Waals surface area contributed by atoms with Crippen molar-refractivity contribution in [2.24, 2.45) is 5.10 Å². The number of carbonyl (C=O) groups is 2. The number of hydrogen-bond acceptors (Lipinski definition) is 4. The minimum Gasteiger partial charge on any atom is -0.422 e. The van der Waals surface area contributed by atoms with Crippen LogP contribution in [0.15, 0.2) is 94.5 Å². The van der Waals surface area contributed by atoms with E-state index in [-0.39, 0.29) is 5.91 Å². The second-order valence-electron chi connectivity index (χ2n) is 9.38. The van der Waals surface area contributed by atoms with Crippen LogP contribution in [0.4, 0.5) is 0 Å². The molecule has 7 heteroatoms. The van der Waals surface area contributed by atoms with E-state index in [1.54, 1.807) is 30.3 Å². The van der Waals surface area contributed by atoms with Crippen LogP contribution in [0.2, 0.25) is 0 Å².